The first-order valence-electron chi connectivity index (χ1n) is 11.3. The van der Waals surface area contributed by atoms with Crippen molar-refractivity contribution in [2.24, 2.45) is 0 Å². The van der Waals surface area contributed by atoms with E-state index in [1.165, 1.54) is 12.1 Å². The molecule has 0 fully saturated rings. The molecule has 0 atom stereocenters. The summed E-state index contributed by atoms with van der Waals surface area (Å²) in [6.07, 6.45) is -0.588. The van der Waals surface area contributed by atoms with Crippen LogP contribution in [0.4, 0.5) is 0 Å². The Kier molecular flexibility index (Phi) is 6.01. The van der Waals surface area contributed by atoms with E-state index in [2.05, 4.69) is 4.72 Å². The van der Waals surface area contributed by atoms with E-state index in [1.54, 1.807) is 48.5 Å². The van der Waals surface area contributed by atoms with Gasteiger partial charge in [0.2, 0.25) is 23.6 Å². The Morgan fingerprint density at radius 2 is 1.36 bits per heavy atom. The van der Waals surface area contributed by atoms with Gasteiger partial charge in [-0.3, -0.25) is 4.79 Å². The van der Waals surface area contributed by atoms with Crippen LogP contribution < -0.4 is 23.7 Å². The fourth-order valence-electron chi connectivity index (χ4n) is 4.40. The number of fused-ring (bicyclic) bond motifs is 2. The third kappa shape index (κ3) is 4.33. The van der Waals surface area contributed by atoms with Crippen LogP contribution in [0.25, 0.3) is 0 Å². The summed E-state index contributed by atoms with van der Waals surface area (Å²) in [5.41, 5.74) is 0.0201. The van der Waals surface area contributed by atoms with Crippen LogP contribution in [0.5, 0.6) is 23.0 Å². The number of carboxylic acid groups (broad SMARTS) is 1. The van der Waals surface area contributed by atoms with Crippen LogP contribution in [-0.2, 0) is 20.4 Å². The largest absolute Gasteiger partial charge is 0.481 e. The number of hydrogen-bond acceptors (Lipinski definition) is 7. The average molecular weight is 512 g/mol. The predicted octanol–water partition coefficient (Wildman–Crippen LogP) is 3.96. The van der Waals surface area contributed by atoms with Crippen LogP contribution in [0.15, 0.2) is 65.6 Å². The molecule has 0 radical (unpaired) electrons. The Balaban J connectivity index is 1.68. The number of carbonyl (C=O) groups is 1. The van der Waals surface area contributed by atoms with Gasteiger partial charge in [-0.15, -0.1) is 0 Å². The molecule has 2 aliphatic rings. The quantitative estimate of drug-likeness (QED) is 0.466. The second-order valence-electron chi connectivity index (χ2n) is 8.94. The van der Waals surface area contributed by atoms with Crippen LogP contribution in [0.3, 0.4) is 0 Å². The lowest BCUT2D eigenvalue weighted by Crippen LogP contribution is -2.48. The first-order chi connectivity index (χ1) is 17.2. The number of ether oxygens (including phenoxy) is 4. The molecule has 0 bridgehead atoms. The van der Waals surface area contributed by atoms with E-state index in [9.17, 15) is 18.3 Å². The predicted molar refractivity (Wildman–Crippen MR) is 129 cm³/mol. The molecule has 3 aromatic carbocycles. The van der Waals surface area contributed by atoms with Crippen molar-refractivity contribution in [2.75, 3.05) is 13.6 Å². The number of aliphatic carboxylic acids is 1. The van der Waals surface area contributed by atoms with Crippen molar-refractivity contribution < 1.29 is 37.3 Å². The summed E-state index contributed by atoms with van der Waals surface area (Å²) in [6.45, 7) is 4.06. The van der Waals surface area contributed by atoms with E-state index >= 15 is 0 Å². The van der Waals surface area contributed by atoms with E-state index in [-0.39, 0.29) is 24.4 Å². The van der Waals surface area contributed by atoms with Crippen LogP contribution in [-0.4, -0.2) is 33.1 Å². The molecule has 0 spiro atoms. The molecule has 0 saturated carbocycles. The molecule has 5 rings (SSSR count). The Bertz CT molecular complexity index is 1360. The second-order valence-corrected chi connectivity index (χ2v) is 10.6. The van der Waals surface area contributed by atoms with Crippen molar-refractivity contribution in [3.8, 4) is 23.0 Å². The number of carboxylic acids is 1. The van der Waals surface area contributed by atoms with Crippen molar-refractivity contribution >= 4 is 16.0 Å². The lowest BCUT2D eigenvalue weighted by molar-refractivity contribution is -0.138. The molecular weight excluding hydrogens is 486 g/mol. The van der Waals surface area contributed by atoms with Crippen LogP contribution in [0.1, 0.15) is 42.9 Å². The minimum absolute atomic E-state index is 0.0165. The van der Waals surface area contributed by atoms with E-state index in [0.29, 0.717) is 34.1 Å². The monoisotopic (exact) mass is 511 g/mol. The summed E-state index contributed by atoms with van der Waals surface area (Å²) in [5, 5.41) is 9.98. The maximum Gasteiger partial charge on any atom is 0.305 e. The number of hydrogen-bond donors (Lipinski definition) is 2. The Morgan fingerprint density at radius 1 is 0.861 bits per heavy atom. The highest BCUT2D eigenvalue weighted by Crippen LogP contribution is 2.44. The zero-order valence-electron chi connectivity index (χ0n) is 19.7. The van der Waals surface area contributed by atoms with Crippen LogP contribution >= 0.6 is 0 Å². The summed E-state index contributed by atoms with van der Waals surface area (Å²) in [5.74, 6) is 0.778. The van der Waals surface area contributed by atoms with Crippen molar-refractivity contribution in [1.29, 1.82) is 0 Å². The summed E-state index contributed by atoms with van der Waals surface area (Å²) in [6, 6.07) is 16.3. The molecule has 2 heterocycles. The van der Waals surface area contributed by atoms with Crippen molar-refractivity contribution in [1.82, 2.24) is 4.72 Å². The first-order valence-corrected chi connectivity index (χ1v) is 12.8. The number of sulfonamides is 1. The first kappa shape index (κ1) is 24.0. The van der Waals surface area contributed by atoms with Gasteiger partial charge in [0.05, 0.1) is 16.9 Å². The molecule has 0 aromatic heterocycles. The highest BCUT2D eigenvalue weighted by molar-refractivity contribution is 7.89. The molecule has 188 valence electrons. The molecule has 0 unspecified atom stereocenters. The third-order valence-corrected chi connectivity index (χ3v) is 7.82. The molecule has 9 nitrogen and oxygen atoms in total. The van der Waals surface area contributed by atoms with Gasteiger partial charge in [0.25, 0.3) is 0 Å². The molecule has 2 aliphatic heterocycles. The Morgan fingerprint density at radius 3 is 1.83 bits per heavy atom. The highest BCUT2D eigenvalue weighted by atomic mass is 32.2. The SMILES string of the molecule is CC(C)c1ccc(S(=O)(=O)NC(CC(=O)O)(c2ccc3c(c2)OCO3)c2ccc3c(c2)OCO3)cc1. The van der Waals surface area contributed by atoms with Gasteiger partial charge in [-0.2, -0.15) is 4.72 Å². The normalized spacial score (nSPS) is 14.3. The zero-order valence-corrected chi connectivity index (χ0v) is 20.5. The minimum Gasteiger partial charge on any atom is -0.481 e. The smallest absolute Gasteiger partial charge is 0.305 e. The zero-order chi connectivity index (χ0) is 25.5. The van der Waals surface area contributed by atoms with Gasteiger partial charge in [-0.05, 0) is 59.0 Å². The summed E-state index contributed by atoms with van der Waals surface area (Å²) in [7, 11) is -4.19. The van der Waals surface area contributed by atoms with Gasteiger partial charge in [0, 0.05) is 0 Å². The molecule has 0 saturated heterocycles. The molecule has 36 heavy (non-hydrogen) atoms. The molecule has 3 aromatic rings. The fraction of sp³-hybridized carbons (Fsp3) is 0.269. The average Bonchev–Trinajstić information content (AvgIpc) is 3.51. The van der Waals surface area contributed by atoms with Gasteiger partial charge in [0.15, 0.2) is 23.0 Å². The Labute approximate surface area is 208 Å². The van der Waals surface area contributed by atoms with Gasteiger partial charge >= 0.3 is 5.97 Å². The van der Waals surface area contributed by atoms with Crippen LogP contribution in [0, 0.1) is 0 Å². The lowest BCUT2D eigenvalue weighted by Gasteiger charge is -2.34. The number of rotatable bonds is 8. The molecule has 0 aliphatic carbocycles. The van der Waals surface area contributed by atoms with E-state index in [4.69, 9.17) is 18.9 Å². The third-order valence-electron chi connectivity index (χ3n) is 6.31. The van der Waals surface area contributed by atoms with Gasteiger partial charge < -0.3 is 24.1 Å². The molecular formula is C26H25NO8S. The van der Waals surface area contributed by atoms with Gasteiger partial charge in [-0.25, -0.2) is 8.42 Å². The molecule has 2 N–H and O–H groups in total. The summed E-state index contributed by atoms with van der Waals surface area (Å²) >= 11 is 0. The van der Waals surface area contributed by atoms with Crippen molar-refractivity contribution in [3.63, 3.8) is 0 Å². The van der Waals surface area contributed by atoms with Crippen molar-refractivity contribution in [3.05, 3.63) is 77.4 Å². The topological polar surface area (TPSA) is 120 Å². The van der Waals surface area contributed by atoms with Gasteiger partial charge in [-0.1, -0.05) is 38.1 Å². The maximum atomic E-state index is 13.7. The van der Waals surface area contributed by atoms with E-state index < -0.39 is 28.0 Å². The number of benzene rings is 3. The van der Waals surface area contributed by atoms with E-state index in [1.807, 2.05) is 13.8 Å². The van der Waals surface area contributed by atoms with E-state index in [0.717, 1.165) is 5.56 Å². The Hall–Kier alpha value is -3.76. The highest BCUT2D eigenvalue weighted by Gasteiger charge is 2.42. The van der Waals surface area contributed by atoms with Gasteiger partial charge in [0.1, 0.15) is 0 Å². The van der Waals surface area contributed by atoms with Crippen LogP contribution in [0.2, 0.25) is 0 Å². The maximum absolute atomic E-state index is 13.7. The fourth-order valence-corrected chi connectivity index (χ4v) is 5.77. The molecule has 0 amide bonds. The minimum atomic E-state index is -4.19. The second kappa shape index (κ2) is 9.03. The summed E-state index contributed by atoms with van der Waals surface area (Å²) in [4.78, 5) is 12.2. The lowest BCUT2D eigenvalue weighted by atomic mass is 9.80. The summed E-state index contributed by atoms with van der Waals surface area (Å²) < 4.78 is 52.0. The standard InChI is InChI=1S/C26H25NO8S/c1-16(2)17-3-7-20(8-4-17)36(30,31)27-26(13-25(28)29,18-5-9-21-23(11-18)34-14-32-21)19-6-10-22-24(12-19)35-15-33-22/h3-12,16,27H,13-15H2,1-2H3,(H,28,29). The number of nitrogens with one attached hydrogen (secondary N) is 1. The van der Waals surface area contributed by atoms with Crippen molar-refractivity contribution in [2.45, 2.75) is 36.6 Å². The molecule has 10 heteroatoms.